The summed E-state index contributed by atoms with van der Waals surface area (Å²) in [5.74, 6) is 1.35. The number of rotatable bonds is 5. The molecule has 1 aromatic heterocycles. The SMILES string of the molecule is CC(=O)N1Cc2ccc(C(=O)CCN3CCN(c4nsc5ccccc45)CC3)cc2C1. The third-order valence-electron chi connectivity index (χ3n) is 6.38. The second-order valence-corrected chi connectivity index (χ2v) is 9.17. The summed E-state index contributed by atoms with van der Waals surface area (Å²) >= 11 is 1.56. The molecule has 0 N–H and O–H groups in total. The Kier molecular flexibility index (Phi) is 5.46. The smallest absolute Gasteiger partial charge is 0.220 e. The molecule has 160 valence electrons. The van der Waals surface area contributed by atoms with Crippen LogP contribution in [0.15, 0.2) is 42.5 Å². The minimum absolute atomic E-state index is 0.0777. The molecule has 2 aromatic carbocycles. The highest BCUT2D eigenvalue weighted by atomic mass is 32.1. The monoisotopic (exact) mass is 434 g/mol. The van der Waals surface area contributed by atoms with Crippen molar-refractivity contribution in [1.82, 2.24) is 14.2 Å². The predicted molar refractivity (Wildman–Crippen MR) is 124 cm³/mol. The van der Waals surface area contributed by atoms with Crippen molar-refractivity contribution >= 4 is 39.1 Å². The summed E-state index contributed by atoms with van der Waals surface area (Å²) in [5, 5.41) is 1.23. The number of hydrogen-bond donors (Lipinski definition) is 0. The van der Waals surface area contributed by atoms with Gasteiger partial charge in [0.25, 0.3) is 0 Å². The Labute approximate surface area is 186 Å². The molecule has 2 aliphatic heterocycles. The largest absolute Gasteiger partial charge is 0.353 e. The van der Waals surface area contributed by atoms with Gasteiger partial charge in [0.1, 0.15) is 5.82 Å². The molecule has 1 fully saturated rings. The summed E-state index contributed by atoms with van der Waals surface area (Å²) in [7, 11) is 0. The standard InChI is InChI=1S/C24H26N4O2S/c1-17(29)28-15-19-7-6-18(14-20(19)16-28)22(30)8-9-26-10-12-27(13-11-26)24-21-4-2-3-5-23(21)31-25-24/h2-7,14H,8-13,15-16H2,1H3. The average Bonchev–Trinajstić information content (AvgIpc) is 3.42. The summed E-state index contributed by atoms with van der Waals surface area (Å²) in [6.45, 7) is 7.38. The average molecular weight is 435 g/mol. The fourth-order valence-corrected chi connectivity index (χ4v) is 5.27. The summed E-state index contributed by atoms with van der Waals surface area (Å²) in [4.78, 5) is 30.9. The van der Waals surface area contributed by atoms with Crippen molar-refractivity contribution in [2.24, 2.45) is 0 Å². The zero-order valence-corrected chi connectivity index (χ0v) is 18.5. The maximum Gasteiger partial charge on any atom is 0.220 e. The molecule has 31 heavy (non-hydrogen) atoms. The quantitative estimate of drug-likeness (QED) is 0.575. The Morgan fingerprint density at radius 3 is 2.58 bits per heavy atom. The van der Waals surface area contributed by atoms with Crippen LogP contribution < -0.4 is 4.90 Å². The van der Waals surface area contributed by atoms with E-state index in [0.717, 1.165) is 55.2 Å². The first kappa shape index (κ1) is 20.2. The van der Waals surface area contributed by atoms with Gasteiger partial charge in [0.2, 0.25) is 5.91 Å². The fraction of sp³-hybridized carbons (Fsp3) is 0.375. The van der Waals surface area contributed by atoms with Crippen molar-refractivity contribution in [2.75, 3.05) is 37.6 Å². The summed E-state index contributed by atoms with van der Waals surface area (Å²) in [6.07, 6.45) is 0.523. The van der Waals surface area contributed by atoms with Crippen molar-refractivity contribution in [3.8, 4) is 0 Å². The van der Waals surface area contributed by atoms with E-state index in [2.05, 4.69) is 38.4 Å². The van der Waals surface area contributed by atoms with Gasteiger partial charge in [0.15, 0.2) is 5.78 Å². The summed E-state index contributed by atoms with van der Waals surface area (Å²) in [5.41, 5.74) is 3.01. The second kappa shape index (κ2) is 8.40. The number of hydrogen-bond acceptors (Lipinski definition) is 6. The second-order valence-electron chi connectivity index (χ2n) is 8.36. The normalized spacial score (nSPS) is 16.7. The van der Waals surface area contributed by atoms with E-state index in [4.69, 9.17) is 0 Å². The molecule has 0 aliphatic carbocycles. The third kappa shape index (κ3) is 4.07. The van der Waals surface area contributed by atoms with E-state index in [1.54, 1.807) is 18.5 Å². The van der Waals surface area contributed by atoms with Gasteiger partial charge in [-0.1, -0.05) is 24.3 Å². The van der Waals surface area contributed by atoms with E-state index in [1.807, 2.05) is 23.1 Å². The van der Waals surface area contributed by atoms with E-state index < -0.39 is 0 Å². The number of carbonyl (C=O) groups is 2. The van der Waals surface area contributed by atoms with Gasteiger partial charge in [0.05, 0.1) is 4.70 Å². The van der Waals surface area contributed by atoms with E-state index >= 15 is 0 Å². The Bertz CT molecular complexity index is 1130. The number of piperazine rings is 1. The van der Waals surface area contributed by atoms with Crippen molar-refractivity contribution in [1.29, 1.82) is 0 Å². The first-order chi connectivity index (χ1) is 15.1. The molecule has 1 amide bonds. The van der Waals surface area contributed by atoms with Gasteiger partial charge in [-0.25, -0.2) is 0 Å². The molecule has 6 nitrogen and oxygen atoms in total. The first-order valence-electron chi connectivity index (χ1n) is 10.8. The molecule has 0 saturated carbocycles. The molecule has 0 spiro atoms. The number of carbonyl (C=O) groups excluding carboxylic acids is 2. The van der Waals surface area contributed by atoms with Crippen LogP contribution in [0, 0.1) is 0 Å². The highest BCUT2D eigenvalue weighted by molar-refractivity contribution is 7.13. The van der Waals surface area contributed by atoms with Crippen LogP contribution in [0.1, 0.15) is 34.8 Å². The molecule has 0 atom stereocenters. The molecule has 0 bridgehead atoms. The van der Waals surface area contributed by atoms with E-state index in [1.165, 1.54) is 10.1 Å². The number of amides is 1. The molecule has 1 saturated heterocycles. The predicted octanol–water partition coefficient (Wildman–Crippen LogP) is 3.55. The molecule has 3 aromatic rings. The van der Waals surface area contributed by atoms with Crippen LogP contribution in [0.4, 0.5) is 5.82 Å². The molecular formula is C24H26N4O2S. The van der Waals surface area contributed by atoms with Crippen LogP contribution in [-0.4, -0.2) is 58.6 Å². The Hall–Kier alpha value is -2.77. The minimum Gasteiger partial charge on any atom is -0.353 e. The van der Waals surface area contributed by atoms with Gasteiger partial charge in [-0.3, -0.25) is 14.5 Å². The highest BCUT2D eigenvalue weighted by Gasteiger charge is 2.23. The van der Waals surface area contributed by atoms with Crippen LogP contribution >= 0.6 is 11.5 Å². The summed E-state index contributed by atoms with van der Waals surface area (Å²) < 4.78 is 5.90. The number of nitrogens with zero attached hydrogens (tertiary/aromatic N) is 4. The Morgan fingerprint density at radius 2 is 1.77 bits per heavy atom. The molecule has 2 aliphatic rings. The van der Waals surface area contributed by atoms with Gasteiger partial charge >= 0.3 is 0 Å². The number of aromatic nitrogens is 1. The number of Topliss-reactive ketones (excluding diaryl/α,β-unsaturated/α-hetero) is 1. The highest BCUT2D eigenvalue weighted by Crippen LogP contribution is 2.30. The van der Waals surface area contributed by atoms with Gasteiger partial charge in [0, 0.05) is 70.1 Å². The van der Waals surface area contributed by atoms with E-state index in [-0.39, 0.29) is 11.7 Å². The number of anilines is 1. The van der Waals surface area contributed by atoms with Crippen LogP contribution in [-0.2, 0) is 17.9 Å². The van der Waals surface area contributed by atoms with Gasteiger partial charge in [-0.2, -0.15) is 4.37 Å². The topological polar surface area (TPSA) is 56.8 Å². The lowest BCUT2D eigenvalue weighted by atomic mass is 10.0. The lowest BCUT2D eigenvalue weighted by Crippen LogP contribution is -2.47. The molecule has 0 unspecified atom stereocenters. The van der Waals surface area contributed by atoms with Gasteiger partial charge in [-0.15, -0.1) is 0 Å². The number of ketones is 1. The van der Waals surface area contributed by atoms with Crippen LogP contribution in [0.25, 0.3) is 10.1 Å². The Morgan fingerprint density at radius 1 is 1.00 bits per heavy atom. The van der Waals surface area contributed by atoms with Crippen LogP contribution in [0.5, 0.6) is 0 Å². The molecule has 0 radical (unpaired) electrons. The van der Waals surface area contributed by atoms with Crippen molar-refractivity contribution in [3.05, 3.63) is 59.2 Å². The minimum atomic E-state index is 0.0777. The first-order valence-corrected chi connectivity index (χ1v) is 11.6. The fourth-order valence-electron chi connectivity index (χ4n) is 4.48. The molecule has 3 heterocycles. The van der Waals surface area contributed by atoms with E-state index in [9.17, 15) is 9.59 Å². The molecular weight excluding hydrogens is 408 g/mol. The van der Waals surface area contributed by atoms with Crippen LogP contribution in [0.2, 0.25) is 0 Å². The van der Waals surface area contributed by atoms with Gasteiger partial charge in [-0.05, 0) is 40.9 Å². The van der Waals surface area contributed by atoms with Crippen molar-refractivity contribution < 1.29 is 9.59 Å². The third-order valence-corrected chi connectivity index (χ3v) is 7.20. The number of benzene rings is 2. The zero-order valence-electron chi connectivity index (χ0n) is 17.7. The summed E-state index contributed by atoms with van der Waals surface area (Å²) in [6, 6.07) is 14.3. The van der Waals surface area contributed by atoms with Crippen molar-refractivity contribution in [2.45, 2.75) is 26.4 Å². The van der Waals surface area contributed by atoms with Crippen molar-refractivity contribution in [3.63, 3.8) is 0 Å². The van der Waals surface area contributed by atoms with Gasteiger partial charge < -0.3 is 9.80 Å². The maximum absolute atomic E-state index is 12.8. The molecule has 7 heteroatoms. The lowest BCUT2D eigenvalue weighted by molar-refractivity contribution is -0.129. The lowest BCUT2D eigenvalue weighted by Gasteiger charge is -2.35. The van der Waals surface area contributed by atoms with Crippen LogP contribution in [0.3, 0.4) is 0 Å². The van der Waals surface area contributed by atoms with E-state index in [0.29, 0.717) is 19.5 Å². The maximum atomic E-state index is 12.8. The molecule has 5 rings (SSSR count). The Balaban J connectivity index is 1.15. The zero-order chi connectivity index (χ0) is 21.4. The number of fused-ring (bicyclic) bond motifs is 2.